The zero-order valence-electron chi connectivity index (χ0n) is 10.5. The summed E-state index contributed by atoms with van der Waals surface area (Å²) in [7, 11) is 0. The van der Waals surface area contributed by atoms with Gasteiger partial charge in [0.2, 0.25) is 0 Å². The first-order valence-corrected chi connectivity index (χ1v) is 6.11. The van der Waals surface area contributed by atoms with Gasteiger partial charge in [-0.15, -0.1) is 0 Å². The van der Waals surface area contributed by atoms with E-state index >= 15 is 0 Å². The number of anilines is 1. The first kappa shape index (κ1) is 14.4. The number of alkyl halides is 3. The summed E-state index contributed by atoms with van der Waals surface area (Å²) in [6.07, 6.45) is -3.86. The SMILES string of the molecule is Fc1ccc(C(F)(F)F)cc1NCCc1ccccc1. The monoisotopic (exact) mass is 283 g/mol. The van der Waals surface area contributed by atoms with Crippen molar-refractivity contribution in [1.82, 2.24) is 0 Å². The molecule has 0 aliphatic rings. The van der Waals surface area contributed by atoms with E-state index in [0.717, 1.165) is 23.8 Å². The number of halogens is 4. The minimum atomic E-state index is -4.47. The summed E-state index contributed by atoms with van der Waals surface area (Å²) in [5.74, 6) is -0.689. The molecular weight excluding hydrogens is 270 g/mol. The summed E-state index contributed by atoms with van der Waals surface area (Å²) in [6.45, 7) is 0.363. The van der Waals surface area contributed by atoms with Gasteiger partial charge in [0.15, 0.2) is 0 Å². The molecule has 1 N–H and O–H groups in total. The van der Waals surface area contributed by atoms with Crippen LogP contribution >= 0.6 is 0 Å². The van der Waals surface area contributed by atoms with Crippen LogP contribution in [0, 0.1) is 5.82 Å². The Kier molecular flexibility index (Phi) is 4.27. The van der Waals surface area contributed by atoms with Gasteiger partial charge in [-0.2, -0.15) is 13.2 Å². The van der Waals surface area contributed by atoms with E-state index < -0.39 is 17.6 Å². The molecule has 0 spiro atoms. The molecule has 0 amide bonds. The fourth-order valence-electron chi connectivity index (χ4n) is 1.82. The van der Waals surface area contributed by atoms with E-state index in [2.05, 4.69) is 5.32 Å². The number of nitrogens with one attached hydrogen (secondary N) is 1. The standard InChI is InChI=1S/C15H13F4N/c16-13-7-6-12(15(17,18)19)10-14(13)20-9-8-11-4-2-1-3-5-11/h1-7,10,20H,8-9H2. The van der Waals surface area contributed by atoms with Crippen LogP contribution in [0.3, 0.4) is 0 Å². The lowest BCUT2D eigenvalue weighted by molar-refractivity contribution is -0.137. The average Bonchev–Trinajstić information content (AvgIpc) is 2.41. The van der Waals surface area contributed by atoms with E-state index in [1.54, 1.807) is 0 Å². The molecule has 1 nitrogen and oxygen atoms in total. The Labute approximate surface area is 114 Å². The van der Waals surface area contributed by atoms with Crippen molar-refractivity contribution in [2.45, 2.75) is 12.6 Å². The normalized spacial score (nSPS) is 11.4. The lowest BCUT2D eigenvalue weighted by Gasteiger charge is -2.11. The van der Waals surface area contributed by atoms with Gasteiger partial charge in [-0.25, -0.2) is 4.39 Å². The highest BCUT2D eigenvalue weighted by Gasteiger charge is 2.31. The zero-order chi connectivity index (χ0) is 14.6. The summed E-state index contributed by atoms with van der Waals surface area (Å²) >= 11 is 0. The Morgan fingerprint density at radius 1 is 0.950 bits per heavy atom. The van der Waals surface area contributed by atoms with Crippen LogP contribution < -0.4 is 5.32 Å². The first-order chi connectivity index (χ1) is 9.47. The molecule has 0 aromatic heterocycles. The average molecular weight is 283 g/mol. The topological polar surface area (TPSA) is 12.0 Å². The Morgan fingerprint density at radius 3 is 2.30 bits per heavy atom. The molecule has 20 heavy (non-hydrogen) atoms. The van der Waals surface area contributed by atoms with Gasteiger partial charge in [-0.3, -0.25) is 0 Å². The largest absolute Gasteiger partial charge is 0.416 e. The Bertz CT molecular complexity index is 564. The smallest absolute Gasteiger partial charge is 0.382 e. The molecule has 0 radical (unpaired) electrons. The van der Waals surface area contributed by atoms with Crippen LogP contribution in [0.2, 0.25) is 0 Å². The van der Waals surface area contributed by atoms with Crippen molar-refractivity contribution in [3.63, 3.8) is 0 Å². The highest BCUT2D eigenvalue weighted by molar-refractivity contribution is 5.48. The van der Waals surface area contributed by atoms with Gasteiger partial charge in [-0.05, 0) is 30.2 Å². The van der Waals surface area contributed by atoms with E-state index in [1.165, 1.54) is 0 Å². The summed E-state index contributed by atoms with van der Waals surface area (Å²) < 4.78 is 51.1. The van der Waals surface area contributed by atoms with Crippen molar-refractivity contribution in [1.29, 1.82) is 0 Å². The van der Waals surface area contributed by atoms with Crippen LogP contribution in [0.4, 0.5) is 23.2 Å². The van der Waals surface area contributed by atoms with E-state index in [1.807, 2.05) is 30.3 Å². The van der Waals surface area contributed by atoms with Crippen LogP contribution in [-0.4, -0.2) is 6.54 Å². The fraction of sp³-hybridized carbons (Fsp3) is 0.200. The summed E-state index contributed by atoms with van der Waals surface area (Å²) in [5, 5.41) is 2.70. The predicted molar refractivity (Wildman–Crippen MR) is 70.0 cm³/mol. The Hall–Kier alpha value is -2.04. The van der Waals surface area contributed by atoms with Gasteiger partial charge >= 0.3 is 6.18 Å². The lowest BCUT2D eigenvalue weighted by Crippen LogP contribution is -2.10. The molecule has 0 fully saturated rings. The van der Waals surface area contributed by atoms with Gasteiger partial charge in [-0.1, -0.05) is 30.3 Å². The van der Waals surface area contributed by atoms with Crippen LogP contribution in [0.15, 0.2) is 48.5 Å². The van der Waals surface area contributed by atoms with Crippen molar-refractivity contribution in [3.8, 4) is 0 Å². The van der Waals surface area contributed by atoms with Crippen molar-refractivity contribution in [2.24, 2.45) is 0 Å². The van der Waals surface area contributed by atoms with E-state index in [-0.39, 0.29) is 5.69 Å². The molecule has 0 aliphatic heterocycles. The molecular formula is C15H13F4N. The molecule has 106 valence electrons. The summed E-state index contributed by atoms with van der Waals surface area (Å²) in [6, 6.07) is 11.8. The fourth-order valence-corrected chi connectivity index (χ4v) is 1.82. The van der Waals surface area contributed by atoms with Crippen LogP contribution in [0.25, 0.3) is 0 Å². The van der Waals surface area contributed by atoms with Gasteiger partial charge in [0, 0.05) is 6.54 Å². The minimum Gasteiger partial charge on any atom is -0.382 e. The third-order valence-corrected chi connectivity index (χ3v) is 2.87. The van der Waals surface area contributed by atoms with Gasteiger partial charge in [0.25, 0.3) is 0 Å². The molecule has 0 atom stereocenters. The summed E-state index contributed by atoms with van der Waals surface area (Å²) in [5.41, 5.74) is 0.0456. The van der Waals surface area contributed by atoms with Crippen LogP contribution in [0.5, 0.6) is 0 Å². The molecule has 2 aromatic carbocycles. The highest BCUT2D eigenvalue weighted by atomic mass is 19.4. The molecule has 5 heteroatoms. The van der Waals surface area contributed by atoms with E-state index in [9.17, 15) is 17.6 Å². The van der Waals surface area contributed by atoms with E-state index in [0.29, 0.717) is 13.0 Å². The molecule has 0 saturated heterocycles. The maximum atomic E-state index is 13.5. The third-order valence-electron chi connectivity index (χ3n) is 2.87. The van der Waals surface area contributed by atoms with Crippen LogP contribution in [0.1, 0.15) is 11.1 Å². The van der Waals surface area contributed by atoms with Gasteiger partial charge < -0.3 is 5.32 Å². The van der Waals surface area contributed by atoms with E-state index in [4.69, 9.17) is 0 Å². The predicted octanol–water partition coefficient (Wildman–Crippen LogP) is 4.50. The maximum Gasteiger partial charge on any atom is 0.416 e. The quantitative estimate of drug-likeness (QED) is 0.815. The van der Waals surface area contributed by atoms with Crippen molar-refractivity contribution in [2.75, 3.05) is 11.9 Å². The summed E-state index contributed by atoms with van der Waals surface area (Å²) in [4.78, 5) is 0. The molecule has 0 saturated carbocycles. The highest BCUT2D eigenvalue weighted by Crippen LogP contribution is 2.31. The second kappa shape index (κ2) is 5.94. The lowest BCUT2D eigenvalue weighted by atomic mass is 10.1. The molecule has 2 aromatic rings. The third kappa shape index (κ3) is 3.73. The zero-order valence-corrected chi connectivity index (χ0v) is 10.5. The van der Waals surface area contributed by atoms with Crippen molar-refractivity contribution in [3.05, 3.63) is 65.5 Å². The molecule has 0 aliphatic carbocycles. The second-order valence-electron chi connectivity index (χ2n) is 4.35. The van der Waals surface area contributed by atoms with Gasteiger partial charge in [0.1, 0.15) is 5.82 Å². The first-order valence-electron chi connectivity index (χ1n) is 6.11. The van der Waals surface area contributed by atoms with Crippen LogP contribution in [-0.2, 0) is 12.6 Å². The van der Waals surface area contributed by atoms with Crippen molar-refractivity contribution < 1.29 is 17.6 Å². The Morgan fingerprint density at radius 2 is 1.65 bits per heavy atom. The number of hydrogen-bond donors (Lipinski definition) is 1. The molecule has 2 rings (SSSR count). The molecule has 0 unspecified atom stereocenters. The minimum absolute atomic E-state index is 0.129. The van der Waals surface area contributed by atoms with Crippen molar-refractivity contribution >= 4 is 5.69 Å². The molecule has 0 bridgehead atoms. The maximum absolute atomic E-state index is 13.5. The Balaban J connectivity index is 2.02. The number of hydrogen-bond acceptors (Lipinski definition) is 1. The van der Waals surface area contributed by atoms with Gasteiger partial charge in [0.05, 0.1) is 11.3 Å². The number of rotatable bonds is 4. The number of benzene rings is 2. The molecule has 0 heterocycles. The second-order valence-corrected chi connectivity index (χ2v) is 4.35.